The SMILES string of the molecule is COc1cc2ncnc(Nc3ccc(OCCF)c(Cl)c3)c2cc1N. The molecule has 3 N–H and O–H groups in total. The summed E-state index contributed by atoms with van der Waals surface area (Å²) in [6.45, 7) is -0.613. The van der Waals surface area contributed by atoms with Crippen LogP contribution in [0.25, 0.3) is 10.9 Å². The summed E-state index contributed by atoms with van der Waals surface area (Å²) in [5, 5.41) is 4.29. The smallest absolute Gasteiger partial charge is 0.143 e. The van der Waals surface area contributed by atoms with Crippen molar-refractivity contribution < 1.29 is 13.9 Å². The number of fused-ring (bicyclic) bond motifs is 1. The van der Waals surface area contributed by atoms with Gasteiger partial charge in [0.15, 0.2) is 0 Å². The lowest BCUT2D eigenvalue weighted by Crippen LogP contribution is -2.01. The molecule has 0 atom stereocenters. The molecule has 0 amide bonds. The predicted octanol–water partition coefficient (Wildman–Crippen LogP) is 3.97. The first-order valence-corrected chi connectivity index (χ1v) is 7.83. The number of nitrogens with zero attached hydrogens (tertiary/aromatic N) is 2. The van der Waals surface area contributed by atoms with E-state index in [2.05, 4.69) is 15.3 Å². The van der Waals surface area contributed by atoms with Gasteiger partial charge in [0.25, 0.3) is 0 Å². The van der Waals surface area contributed by atoms with Crippen LogP contribution in [-0.4, -0.2) is 30.4 Å². The van der Waals surface area contributed by atoms with Gasteiger partial charge in [0.2, 0.25) is 0 Å². The van der Waals surface area contributed by atoms with Gasteiger partial charge in [-0.1, -0.05) is 11.6 Å². The Kier molecular flexibility index (Phi) is 5.04. The fourth-order valence-corrected chi connectivity index (χ4v) is 2.59. The second-order valence-corrected chi connectivity index (χ2v) is 5.55. The summed E-state index contributed by atoms with van der Waals surface area (Å²) >= 11 is 6.16. The molecule has 0 aliphatic heterocycles. The molecule has 0 fully saturated rings. The third kappa shape index (κ3) is 3.66. The van der Waals surface area contributed by atoms with Gasteiger partial charge >= 0.3 is 0 Å². The zero-order valence-electron chi connectivity index (χ0n) is 13.4. The van der Waals surface area contributed by atoms with E-state index in [1.807, 2.05) is 0 Å². The minimum atomic E-state index is -0.575. The second kappa shape index (κ2) is 7.40. The molecule has 0 saturated heterocycles. The van der Waals surface area contributed by atoms with Crippen molar-refractivity contribution >= 4 is 39.7 Å². The third-order valence-electron chi connectivity index (χ3n) is 3.52. The molecule has 0 aliphatic rings. The first kappa shape index (κ1) is 17.0. The van der Waals surface area contributed by atoms with Crippen molar-refractivity contribution in [2.45, 2.75) is 0 Å². The number of aromatic nitrogens is 2. The van der Waals surface area contributed by atoms with Crippen molar-refractivity contribution in [2.24, 2.45) is 0 Å². The molecule has 0 spiro atoms. The van der Waals surface area contributed by atoms with Gasteiger partial charge in [-0.3, -0.25) is 0 Å². The fourth-order valence-electron chi connectivity index (χ4n) is 2.36. The molecule has 6 nitrogen and oxygen atoms in total. The van der Waals surface area contributed by atoms with Crippen LogP contribution < -0.4 is 20.5 Å². The summed E-state index contributed by atoms with van der Waals surface area (Å²) < 4.78 is 22.6. The maximum absolute atomic E-state index is 12.2. The zero-order chi connectivity index (χ0) is 17.8. The lowest BCUT2D eigenvalue weighted by atomic mass is 10.2. The third-order valence-corrected chi connectivity index (χ3v) is 3.81. The number of ether oxygens (including phenoxy) is 2. The van der Waals surface area contributed by atoms with Crippen LogP contribution in [0.15, 0.2) is 36.7 Å². The lowest BCUT2D eigenvalue weighted by Gasteiger charge is -2.12. The summed E-state index contributed by atoms with van der Waals surface area (Å²) in [7, 11) is 1.55. The summed E-state index contributed by atoms with van der Waals surface area (Å²) in [5.41, 5.74) is 7.85. The van der Waals surface area contributed by atoms with Gasteiger partial charge in [0, 0.05) is 17.1 Å². The lowest BCUT2D eigenvalue weighted by molar-refractivity contribution is 0.273. The van der Waals surface area contributed by atoms with Gasteiger partial charge in [0.05, 0.1) is 23.3 Å². The number of nitrogens with two attached hydrogens (primary N) is 1. The summed E-state index contributed by atoms with van der Waals surface area (Å²) in [5.74, 6) is 1.55. The average Bonchev–Trinajstić information content (AvgIpc) is 2.61. The van der Waals surface area contributed by atoms with Gasteiger partial charge in [0.1, 0.15) is 36.9 Å². The molecular weight excluding hydrogens is 347 g/mol. The first-order valence-electron chi connectivity index (χ1n) is 7.46. The maximum atomic E-state index is 12.2. The quantitative estimate of drug-likeness (QED) is 0.646. The standard InChI is InChI=1S/C17H16ClFN4O2/c1-24-16-8-14-11(7-13(16)20)17(22-9-21-14)23-10-2-3-15(12(18)6-10)25-5-4-19/h2-3,6-9H,4-5,20H2,1H3,(H,21,22,23). The molecule has 2 aromatic carbocycles. The molecule has 0 bridgehead atoms. The summed E-state index contributed by atoms with van der Waals surface area (Å²) in [6.07, 6.45) is 1.45. The molecule has 8 heteroatoms. The van der Waals surface area contributed by atoms with E-state index in [0.717, 1.165) is 5.39 Å². The number of anilines is 3. The number of benzene rings is 2. The van der Waals surface area contributed by atoms with Gasteiger partial charge in [-0.2, -0.15) is 0 Å². The summed E-state index contributed by atoms with van der Waals surface area (Å²) in [6, 6.07) is 8.60. The highest BCUT2D eigenvalue weighted by molar-refractivity contribution is 6.32. The molecule has 0 saturated carbocycles. The fraction of sp³-hybridized carbons (Fsp3) is 0.176. The van der Waals surface area contributed by atoms with Gasteiger partial charge in [-0.15, -0.1) is 0 Å². The highest BCUT2D eigenvalue weighted by atomic mass is 35.5. The number of nitrogens with one attached hydrogen (secondary N) is 1. The summed E-state index contributed by atoms with van der Waals surface area (Å²) in [4.78, 5) is 8.49. The molecule has 1 heterocycles. The Hall–Kier alpha value is -2.80. The molecule has 130 valence electrons. The number of nitrogen functional groups attached to an aromatic ring is 1. The van der Waals surface area contributed by atoms with E-state index >= 15 is 0 Å². The van der Waals surface area contributed by atoms with Crippen molar-refractivity contribution in [3.05, 3.63) is 41.7 Å². The Morgan fingerprint density at radius 3 is 2.76 bits per heavy atom. The average molecular weight is 363 g/mol. The first-order chi connectivity index (χ1) is 12.1. The topological polar surface area (TPSA) is 82.3 Å². The largest absolute Gasteiger partial charge is 0.495 e. The van der Waals surface area contributed by atoms with Gasteiger partial charge in [-0.05, 0) is 24.3 Å². The molecule has 0 radical (unpaired) electrons. The van der Waals surface area contributed by atoms with Crippen LogP contribution in [0, 0.1) is 0 Å². The van der Waals surface area contributed by atoms with E-state index in [0.29, 0.717) is 39.2 Å². The van der Waals surface area contributed by atoms with Crippen molar-refractivity contribution in [1.29, 1.82) is 0 Å². The van der Waals surface area contributed by atoms with Crippen molar-refractivity contribution in [3.63, 3.8) is 0 Å². The maximum Gasteiger partial charge on any atom is 0.143 e. The van der Waals surface area contributed by atoms with Crippen LogP contribution in [0.1, 0.15) is 0 Å². The number of rotatable bonds is 6. The van der Waals surface area contributed by atoms with E-state index in [1.54, 1.807) is 37.4 Å². The van der Waals surface area contributed by atoms with Crippen LogP contribution in [0.5, 0.6) is 11.5 Å². The number of hydrogen-bond acceptors (Lipinski definition) is 6. The Labute approximate surface area is 148 Å². The van der Waals surface area contributed by atoms with E-state index in [1.165, 1.54) is 6.33 Å². The predicted molar refractivity (Wildman–Crippen MR) is 96.7 cm³/mol. The molecule has 3 aromatic rings. The van der Waals surface area contributed by atoms with Crippen molar-refractivity contribution in [2.75, 3.05) is 31.4 Å². The van der Waals surface area contributed by atoms with E-state index < -0.39 is 6.67 Å². The Balaban J connectivity index is 1.92. The second-order valence-electron chi connectivity index (χ2n) is 5.14. The highest BCUT2D eigenvalue weighted by Gasteiger charge is 2.10. The number of hydrogen-bond donors (Lipinski definition) is 2. The molecular formula is C17H16ClFN4O2. The van der Waals surface area contributed by atoms with Crippen LogP contribution in [0.3, 0.4) is 0 Å². The van der Waals surface area contributed by atoms with Crippen LogP contribution in [-0.2, 0) is 0 Å². The van der Waals surface area contributed by atoms with Crippen LogP contribution >= 0.6 is 11.6 Å². The molecule has 3 rings (SSSR count). The normalized spacial score (nSPS) is 10.7. The van der Waals surface area contributed by atoms with Crippen LogP contribution in [0.4, 0.5) is 21.6 Å². The highest BCUT2D eigenvalue weighted by Crippen LogP contribution is 2.33. The minimum absolute atomic E-state index is 0.0375. The Morgan fingerprint density at radius 2 is 2.04 bits per heavy atom. The van der Waals surface area contributed by atoms with E-state index in [-0.39, 0.29) is 6.61 Å². The molecule has 0 aliphatic carbocycles. The van der Waals surface area contributed by atoms with Crippen molar-refractivity contribution in [3.8, 4) is 11.5 Å². The van der Waals surface area contributed by atoms with Gasteiger partial charge in [-0.25, -0.2) is 14.4 Å². The Bertz CT molecular complexity index is 907. The minimum Gasteiger partial charge on any atom is -0.495 e. The molecule has 25 heavy (non-hydrogen) atoms. The number of alkyl halides is 1. The van der Waals surface area contributed by atoms with Crippen molar-refractivity contribution in [1.82, 2.24) is 9.97 Å². The zero-order valence-corrected chi connectivity index (χ0v) is 14.2. The monoisotopic (exact) mass is 362 g/mol. The molecule has 0 unspecified atom stereocenters. The number of methoxy groups -OCH3 is 1. The van der Waals surface area contributed by atoms with Crippen LogP contribution in [0.2, 0.25) is 5.02 Å². The van der Waals surface area contributed by atoms with Gasteiger partial charge < -0.3 is 20.5 Å². The van der Waals surface area contributed by atoms with E-state index in [4.69, 9.17) is 26.8 Å². The molecule has 1 aromatic heterocycles. The van der Waals surface area contributed by atoms with E-state index in [9.17, 15) is 4.39 Å². The number of halogens is 2. The Morgan fingerprint density at radius 1 is 1.20 bits per heavy atom.